The molecule has 0 aromatic rings. The van der Waals surface area contributed by atoms with Gasteiger partial charge in [-0.25, -0.2) is 4.57 Å². The molecule has 1 fully saturated rings. The van der Waals surface area contributed by atoms with E-state index in [9.17, 15) is 44.6 Å². The molecule has 350 valence electrons. The second-order valence-electron chi connectivity index (χ2n) is 17.0. The maximum Gasteiger partial charge on any atom is 0.472 e. The summed E-state index contributed by atoms with van der Waals surface area (Å²) < 4.78 is 32.8. The Hall–Kier alpha value is -1.15. The zero-order valence-electron chi connectivity index (χ0n) is 37.1. The molecule has 0 aromatic heterocycles. The fourth-order valence-corrected chi connectivity index (χ4v) is 8.59. The number of carbonyl (C=O) groups is 2. The lowest BCUT2D eigenvalue weighted by molar-refractivity contribution is -0.220. The average molecular weight is 867 g/mol. The van der Waals surface area contributed by atoms with Crippen LogP contribution in [0, 0.1) is 0 Å². The number of phosphoric ester groups is 1. The van der Waals surface area contributed by atoms with Crippen molar-refractivity contribution < 1.29 is 63.1 Å². The van der Waals surface area contributed by atoms with Gasteiger partial charge >= 0.3 is 19.8 Å². The molecule has 1 aliphatic carbocycles. The molecule has 0 aliphatic heterocycles. The summed E-state index contributed by atoms with van der Waals surface area (Å²) in [7, 11) is -5.08. The Balaban J connectivity index is 2.02. The van der Waals surface area contributed by atoms with Crippen LogP contribution < -0.4 is 0 Å². The highest BCUT2D eigenvalue weighted by molar-refractivity contribution is 7.47. The lowest BCUT2D eigenvalue weighted by atomic mass is 9.85. The molecule has 6 N–H and O–H groups in total. The van der Waals surface area contributed by atoms with Crippen LogP contribution in [-0.4, -0.2) is 98.3 Å². The summed E-state index contributed by atoms with van der Waals surface area (Å²) >= 11 is 0. The van der Waals surface area contributed by atoms with Gasteiger partial charge in [-0.3, -0.25) is 18.6 Å². The van der Waals surface area contributed by atoms with Gasteiger partial charge in [-0.15, -0.1) is 0 Å². The van der Waals surface area contributed by atoms with E-state index in [1.54, 1.807) is 6.92 Å². The van der Waals surface area contributed by atoms with Gasteiger partial charge in [0.25, 0.3) is 0 Å². The normalized spacial score (nSPS) is 22.2. The predicted octanol–water partition coefficient (Wildman–Crippen LogP) is 9.28. The Morgan fingerprint density at radius 3 is 1.15 bits per heavy atom. The minimum absolute atomic E-state index is 0.0515. The number of hydrogen-bond acceptors (Lipinski definition) is 12. The first-order valence-corrected chi connectivity index (χ1v) is 25.3. The van der Waals surface area contributed by atoms with Crippen LogP contribution in [0.4, 0.5) is 0 Å². The van der Waals surface area contributed by atoms with Crippen LogP contribution in [-0.2, 0) is 32.7 Å². The fraction of sp³-hybridized carbons (Fsp3) is 0.956. The van der Waals surface area contributed by atoms with E-state index in [0.717, 1.165) is 19.3 Å². The van der Waals surface area contributed by atoms with Crippen molar-refractivity contribution in [2.75, 3.05) is 13.2 Å². The van der Waals surface area contributed by atoms with Gasteiger partial charge in [0.1, 0.15) is 43.2 Å². The van der Waals surface area contributed by atoms with Crippen LogP contribution in [0.25, 0.3) is 0 Å². The van der Waals surface area contributed by atoms with Crippen molar-refractivity contribution in [2.45, 2.75) is 262 Å². The maximum absolute atomic E-state index is 12.6. The number of esters is 2. The first kappa shape index (κ1) is 55.9. The number of phosphoric acid groups is 1. The van der Waals surface area contributed by atoms with Gasteiger partial charge in [-0.05, 0) is 12.8 Å². The number of unbranched alkanes of at least 4 members (excludes halogenated alkanes) is 28. The molecular formula is C45H87O13P. The molecule has 0 aromatic carbocycles. The number of hydrogen-bond donors (Lipinski definition) is 6. The SMILES string of the molecule is CCCCCCCCCCCCCCCCCCCCCCCCCCCCCCCC(=O)OC[C@H](COP(=O)(O)OC1C(O)C(O)C(O)[C@@H](O)C1O)OC(=O)CCC. The smallest absolute Gasteiger partial charge is 0.462 e. The van der Waals surface area contributed by atoms with Gasteiger partial charge in [-0.1, -0.05) is 194 Å². The van der Waals surface area contributed by atoms with E-state index < -0.39 is 75.7 Å². The standard InChI is InChI=1S/C45H87O13P/c1-3-5-6-7-8-9-10-11-12-13-14-15-16-17-18-19-20-21-22-23-24-25-26-27-28-29-30-31-32-34-38(46)55-35-37(57-39(47)33-4-2)36-56-59(53,54)58-45-43(51)41(49)40(48)42(50)44(45)52/h37,40-45,48-52H,3-36H2,1-2H3,(H,53,54)/t37-,40?,41-,42?,43?,44?,45?/m1/s1. The third-order valence-electron chi connectivity index (χ3n) is 11.4. The zero-order chi connectivity index (χ0) is 43.6. The first-order valence-electron chi connectivity index (χ1n) is 23.8. The minimum Gasteiger partial charge on any atom is -0.462 e. The molecule has 1 saturated carbocycles. The van der Waals surface area contributed by atoms with Crippen LogP contribution in [0.15, 0.2) is 0 Å². The Kier molecular flexibility index (Phi) is 34.4. The maximum atomic E-state index is 12.6. The number of carbonyl (C=O) groups excluding carboxylic acids is 2. The average Bonchev–Trinajstić information content (AvgIpc) is 3.21. The monoisotopic (exact) mass is 867 g/mol. The predicted molar refractivity (Wildman–Crippen MR) is 231 cm³/mol. The molecule has 0 bridgehead atoms. The summed E-state index contributed by atoms with van der Waals surface area (Å²) in [5.74, 6) is -1.15. The lowest BCUT2D eigenvalue weighted by Gasteiger charge is -2.41. The third-order valence-corrected chi connectivity index (χ3v) is 12.4. The highest BCUT2D eigenvalue weighted by Crippen LogP contribution is 2.47. The molecule has 0 heterocycles. The van der Waals surface area contributed by atoms with Crippen molar-refractivity contribution in [1.82, 2.24) is 0 Å². The number of ether oxygens (including phenoxy) is 2. The summed E-state index contributed by atoms with van der Waals surface area (Å²) in [6.45, 7) is 2.87. The van der Waals surface area contributed by atoms with Crippen LogP contribution in [0.1, 0.15) is 219 Å². The summed E-state index contributed by atoms with van der Waals surface area (Å²) in [4.78, 5) is 34.7. The first-order chi connectivity index (χ1) is 28.4. The summed E-state index contributed by atoms with van der Waals surface area (Å²) in [6, 6.07) is 0. The van der Waals surface area contributed by atoms with Crippen molar-refractivity contribution >= 4 is 19.8 Å². The highest BCUT2D eigenvalue weighted by Gasteiger charge is 2.51. The fourth-order valence-electron chi connectivity index (χ4n) is 7.62. The van der Waals surface area contributed by atoms with Gasteiger partial charge in [-0.2, -0.15) is 0 Å². The van der Waals surface area contributed by atoms with Gasteiger partial charge in [0, 0.05) is 12.8 Å². The second-order valence-corrected chi connectivity index (χ2v) is 18.4. The van der Waals surface area contributed by atoms with E-state index in [1.165, 1.54) is 161 Å². The van der Waals surface area contributed by atoms with Gasteiger partial charge in [0.05, 0.1) is 6.61 Å². The topological polar surface area (TPSA) is 210 Å². The molecule has 8 atom stereocenters. The Morgan fingerprint density at radius 2 is 0.797 bits per heavy atom. The largest absolute Gasteiger partial charge is 0.472 e. The van der Waals surface area contributed by atoms with E-state index in [-0.39, 0.29) is 12.8 Å². The Morgan fingerprint density at radius 1 is 0.458 bits per heavy atom. The quantitative estimate of drug-likeness (QED) is 0.0193. The summed E-state index contributed by atoms with van der Waals surface area (Å²) in [6.07, 6.45) is 25.8. The van der Waals surface area contributed by atoms with Crippen LogP contribution in [0.5, 0.6) is 0 Å². The van der Waals surface area contributed by atoms with E-state index in [4.69, 9.17) is 18.5 Å². The molecule has 14 heteroatoms. The van der Waals surface area contributed by atoms with Gasteiger partial charge in [0.2, 0.25) is 0 Å². The van der Waals surface area contributed by atoms with Crippen LogP contribution >= 0.6 is 7.82 Å². The molecule has 0 radical (unpaired) electrons. The van der Waals surface area contributed by atoms with Crippen LogP contribution in [0.2, 0.25) is 0 Å². The molecule has 0 amide bonds. The zero-order valence-corrected chi connectivity index (χ0v) is 38.0. The number of aliphatic hydroxyl groups is 5. The third kappa shape index (κ3) is 29.0. The molecule has 59 heavy (non-hydrogen) atoms. The van der Waals surface area contributed by atoms with Crippen molar-refractivity contribution in [3.63, 3.8) is 0 Å². The molecule has 6 unspecified atom stereocenters. The van der Waals surface area contributed by atoms with Gasteiger partial charge in [0.15, 0.2) is 6.10 Å². The second kappa shape index (κ2) is 36.3. The van der Waals surface area contributed by atoms with Crippen molar-refractivity contribution in [1.29, 1.82) is 0 Å². The minimum atomic E-state index is -5.08. The van der Waals surface area contributed by atoms with E-state index in [1.807, 2.05) is 0 Å². The molecule has 1 rings (SSSR count). The van der Waals surface area contributed by atoms with Crippen molar-refractivity contribution in [3.05, 3.63) is 0 Å². The Bertz CT molecular complexity index is 1050. The number of aliphatic hydroxyl groups excluding tert-OH is 5. The molecule has 0 spiro atoms. The molecule has 13 nitrogen and oxygen atoms in total. The highest BCUT2D eigenvalue weighted by atomic mass is 31.2. The molecule has 1 aliphatic rings. The van der Waals surface area contributed by atoms with Crippen molar-refractivity contribution in [2.24, 2.45) is 0 Å². The van der Waals surface area contributed by atoms with E-state index in [0.29, 0.717) is 12.8 Å². The summed E-state index contributed by atoms with van der Waals surface area (Å²) in [5, 5.41) is 49.6. The molecular weight excluding hydrogens is 779 g/mol. The van der Waals surface area contributed by atoms with Gasteiger partial charge < -0.3 is 39.9 Å². The Labute approximate surface area is 357 Å². The van der Waals surface area contributed by atoms with E-state index >= 15 is 0 Å². The van der Waals surface area contributed by atoms with Crippen molar-refractivity contribution in [3.8, 4) is 0 Å². The summed E-state index contributed by atoms with van der Waals surface area (Å²) in [5.41, 5.74) is 0. The molecule has 0 saturated heterocycles. The lowest BCUT2D eigenvalue weighted by Crippen LogP contribution is -2.64. The van der Waals surface area contributed by atoms with Crippen LogP contribution in [0.3, 0.4) is 0 Å². The number of rotatable bonds is 40. The van der Waals surface area contributed by atoms with E-state index in [2.05, 4.69) is 6.92 Å².